The summed E-state index contributed by atoms with van der Waals surface area (Å²) >= 11 is 0. The Morgan fingerprint density at radius 2 is 1.69 bits per heavy atom. The molecule has 0 aliphatic carbocycles. The number of carbonyl (C=O) groups excluding carboxylic acids is 2. The largest absolute Gasteiger partial charge is 0.374 e. The van der Waals surface area contributed by atoms with Crippen LogP contribution in [0.4, 0.5) is 11.4 Å². The molecule has 2 aliphatic heterocycles. The second-order valence-electron chi connectivity index (χ2n) is 8.80. The fourth-order valence-electron chi connectivity index (χ4n) is 4.58. The van der Waals surface area contributed by atoms with Gasteiger partial charge in [-0.25, -0.2) is 0 Å². The minimum atomic E-state index is -0.639. The maximum atomic E-state index is 12.5. The summed E-state index contributed by atoms with van der Waals surface area (Å²) in [6.07, 6.45) is 2.23. The third-order valence-corrected chi connectivity index (χ3v) is 6.51. The van der Waals surface area contributed by atoms with Crippen molar-refractivity contribution in [1.82, 2.24) is 15.1 Å². The van der Waals surface area contributed by atoms with Gasteiger partial charge in [0.25, 0.3) is 0 Å². The first kappa shape index (κ1) is 22.3. The molecule has 170 valence electrons. The van der Waals surface area contributed by atoms with E-state index >= 15 is 0 Å². The number of hydrogen-bond donors (Lipinski definition) is 2. The molecule has 4 rings (SSSR count). The maximum absolute atomic E-state index is 12.5. The van der Waals surface area contributed by atoms with Gasteiger partial charge in [-0.1, -0.05) is 30.3 Å². The average molecular weight is 436 g/mol. The van der Waals surface area contributed by atoms with Crippen LogP contribution in [0.15, 0.2) is 48.5 Å². The second kappa shape index (κ2) is 10.1. The fourth-order valence-corrected chi connectivity index (χ4v) is 4.58. The van der Waals surface area contributed by atoms with Crippen LogP contribution in [0.3, 0.4) is 0 Å². The van der Waals surface area contributed by atoms with E-state index in [4.69, 9.17) is 0 Å². The summed E-state index contributed by atoms with van der Waals surface area (Å²) in [7, 11) is 4.28. The molecule has 0 spiro atoms. The van der Waals surface area contributed by atoms with Crippen molar-refractivity contribution >= 4 is 23.2 Å². The molecule has 2 heterocycles. The van der Waals surface area contributed by atoms with E-state index in [1.54, 1.807) is 12.1 Å². The SMILES string of the molecule is CN1CCN(C(CNC(=O)C(=O)Nc2ccccc2)c2ccc3c(c2)CCCN3C)CC1. The Morgan fingerprint density at radius 1 is 0.938 bits per heavy atom. The number of carbonyl (C=O) groups is 2. The minimum Gasteiger partial charge on any atom is -0.374 e. The molecule has 2 amide bonds. The molecule has 2 aromatic rings. The molecule has 1 fully saturated rings. The topological polar surface area (TPSA) is 67.9 Å². The van der Waals surface area contributed by atoms with Gasteiger partial charge in [-0.15, -0.1) is 0 Å². The summed E-state index contributed by atoms with van der Waals surface area (Å²) in [5, 5.41) is 5.54. The normalized spacial score (nSPS) is 18.0. The molecule has 2 aliphatic rings. The van der Waals surface area contributed by atoms with Gasteiger partial charge in [0.2, 0.25) is 0 Å². The van der Waals surface area contributed by atoms with Crippen LogP contribution in [0.1, 0.15) is 23.6 Å². The first-order valence-corrected chi connectivity index (χ1v) is 11.4. The van der Waals surface area contributed by atoms with Crippen LogP contribution in [0.2, 0.25) is 0 Å². The first-order valence-electron chi connectivity index (χ1n) is 11.4. The first-order chi connectivity index (χ1) is 15.5. The van der Waals surface area contributed by atoms with Crippen LogP contribution in [-0.4, -0.2) is 75.0 Å². The van der Waals surface area contributed by atoms with Gasteiger partial charge in [0.1, 0.15) is 0 Å². The zero-order valence-electron chi connectivity index (χ0n) is 19.0. The number of anilines is 2. The number of piperazine rings is 1. The van der Waals surface area contributed by atoms with Gasteiger partial charge >= 0.3 is 11.8 Å². The number of para-hydroxylation sites is 1. The highest BCUT2D eigenvalue weighted by Gasteiger charge is 2.27. The molecule has 7 nitrogen and oxygen atoms in total. The molecule has 0 saturated carbocycles. The average Bonchev–Trinajstić information content (AvgIpc) is 2.81. The highest BCUT2D eigenvalue weighted by atomic mass is 16.2. The molecular weight excluding hydrogens is 402 g/mol. The van der Waals surface area contributed by atoms with Crippen LogP contribution >= 0.6 is 0 Å². The highest BCUT2D eigenvalue weighted by molar-refractivity contribution is 6.39. The van der Waals surface area contributed by atoms with E-state index in [1.807, 2.05) is 18.2 Å². The lowest BCUT2D eigenvalue weighted by Crippen LogP contribution is -2.49. The Kier molecular flexibility index (Phi) is 7.07. The number of benzene rings is 2. The Bertz CT molecular complexity index is 941. The van der Waals surface area contributed by atoms with Crippen molar-refractivity contribution in [3.63, 3.8) is 0 Å². The number of fused-ring (bicyclic) bond motifs is 1. The molecule has 2 N–H and O–H groups in total. The van der Waals surface area contributed by atoms with Gasteiger partial charge in [0.15, 0.2) is 0 Å². The summed E-state index contributed by atoms with van der Waals surface area (Å²) < 4.78 is 0. The lowest BCUT2D eigenvalue weighted by atomic mass is 9.95. The summed E-state index contributed by atoms with van der Waals surface area (Å²) in [6, 6.07) is 15.8. The molecule has 1 unspecified atom stereocenters. The summed E-state index contributed by atoms with van der Waals surface area (Å²) in [5.74, 6) is -1.24. The van der Waals surface area contributed by atoms with Gasteiger partial charge < -0.3 is 20.4 Å². The van der Waals surface area contributed by atoms with Gasteiger partial charge in [-0.2, -0.15) is 0 Å². The van der Waals surface area contributed by atoms with Crippen molar-refractivity contribution in [2.75, 3.05) is 63.6 Å². The molecule has 0 bridgehead atoms. The van der Waals surface area contributed by atoms with E-state index < -0.39 is 11.8 Å². The van der Waals surface area contributed by atoms with Crippen LogP contribution in [0.25, 0.3) is 0 Å². The molecule has 1 saturated heterocycles. The van der Waals surface area contributed by atoms with E-state index in [9.17, 15) is 9.59 Å². The lowest BCUT2D eigenvalue weighted by Gasteiger charge is -2.39. The standard InChI is InChI=1S/C25H33N5O2/c1-28-13-15-30(16-14-28)23(20-10-11-22-19(17-20)7-6-12-29(22)2)18-26-24(31)25(32)27-21-8-4-3-5-9-21/h3-5,8-11,17,23H,6-7,12-16,18H2,1-2H3,(H,26,31)(H,27,32). The highest BCUT2D eigenvalue weighted by Crippen LogP contribution is 2.31. The van der Waals surface area contributed by atoms with E-state index in [0.29, 0.717) is 12.2 Å². The van der Waals surface area contributed by atoms with Crippen LogP contribution < -0.4 is 15.5 Å². The Balaban J connectivity index is 1.47. The van der Waals surface area contributed by atoms with E-state index in [0.717, 1.165) is 45.6 Å². The van der Waals surface area contributed by atoms with Crippen molar-refractivity contribution in [3.8, 4) is 0 Å². The predicted molar refractivity (Wildman–Crippen MR) is 128 cm³/mol. The number of nitrogens with one attached hydrogen (secondary N) is 2. The van der Waals surface area contributed by atoms with Crippen molar-refractivity contribution < 1.29 is 9.59 Å². The predicted octanol–water partition coefficient (Wildman–Crippen LogP) is 2.11. The van der Waals surface area contributed by atoms with Crippen LogP contribution in [-0.2, 0) is 16.0 Å². The number of amides is 2. The van der Waals surface area contributed by atoms with Crippen molar-refractivity contribution in [3.05, 3.63) is 59.7 Å². The zero-order chi connectivity index (χ0) is 22.5. The number of aryl methyl sites for hydroxylation is 1. The second-order valence-corrected chi connectivity index (χ2v) is 8.80. The molecule has 2 aromatic carbocycles. The number of rotatable bonds is 5. The fraction of sp³-hybridized carbons (Fsp3) is 0.440. The Labute approximate surface area is 190 Å². The summed E-state index contributed by atoms with van der Waals surface area (Å²) in [5.41, 5.74) is 4.47. The van der Waals surface area contributed by atoms with Gasteiger partial charge in [-0.05, 0) is 49.2 Å². The van der Waals surface area contributed by atoms with Gasteiger partial charge in [0, 0.05) is 57.7 Å². The van der Waals surface area contributed by atoms with E-state index in [-0.39, 0.29) is 6.04 Å². The third-order valence-electron chi connectivity index (χ3n) is 6.51. The molecule has 0 radical (unpaired) electrons. The van der Waals surface area contributed by atoms with Crippen molar-refractivity contribution in [1.29, 1.82) is 0 Å². The molecule has 0 aromatic heterocycles. The van der Waals surface area contributed by atoms with E-state index in [1.165, 1.54) is 16.8 Å². The zero-order valence-corrected chi connectivity index (χ0v) is 19.0. The third kappa shape index (κ3) is 5.29. The Morgan fingerprint density at radius 3 is 2.44 bits per heavy atom. The molecular formula is C25H33N5O2. The quantitative estimate of drug-likeness (QED) is 0.705. The van der Waals surface area contributed by atoms with Gasteiger partial charge in [0.05, 0.1) is 6.04 Å². The number of nitrogens with zero attached hydrogens (tertiary/aromatic N) is 3. The monoisotopic (exact) mass is 435 g/mol. The Hall–Kier alpha value is -2.90. The lowest BCUT2D eigenvalue weighted by molar-refractivity contribution is -0.136. The number of likely N-dealkylation sites (N-methyl/N-ethyl adjacent to an activating group) is 1. The number of hydrogen-bond acceptors (Lipinski definition) is 5. The van der Waals surface area contributed by atoms with Crippen molar-refractivity contribution in [2.24, 2.45) is 0 Å². The smallest absolute Gasteiger partial charge is 0.313 e. The summed E-state index contributed by atoms with van der Waals surface area (Å²) in [4.78, 5) is 31.9. The maximum Gasteiger partial charge on any atom is 0.313 e. The molecule has 7 heteroatoms. The summed E-state index contributed by atoms with van der Waals surface area (Å²) in [6.45, 7) is 5.34. The van der Waals surface area contributed by atoms with Crippen LogP contribution in [0, 0.1) is 0 Å². The van der Waals surface area contributed by atoms with Crippen molar-refractivity contribution in [2.45, 2.75) is 18.9 Å². The van der Waals surface area contributed by atoms with E-state index in [2.05, 4.69) is 57.6 Å². The molecule has 1 atom stereocenters. The van der Waals surface area contributed by atoms with Gasteiger partial charge in [-0.3, -0.25) is 14.5 Å². The molecule has 32 heavy (non-hydrogen) atoms. The van der Waals surface area contributed by atoms with Crippen LogP contribution in [0.5, 0.6) is 0 Å². The minimum absolute atomic E-state index is 0.0368.